The predicted octanol–water partition coefficient (Wildman–Crippen LogP) is 1.99. The molecule has 0 aromatic carbocycles. The Morgan fingerprint density at radius 1 is 1.80 bits per heavy atom. The van der Waals surface area contributed by atoms with Gasteiger partial charge in [-0.1, -0.05) is 0 Å². The van der Waals surface area contributed by atoms with Crippen molar-refractivity contribution in [3.8, 4) is 0 Å². The quantitative estimate of drug-likeness (QED) is 0.470. The van der Waals surface area contributed by atoms with E-state index in [1.54, 1.807) is 0 Å². The first-order valence-electron chi connectivity index (χ1n) is 1.21. The molecule has 0 spiro atoms. The van der Waals surface area contributed by atoms with Gasteiger partial charge in [-0.05, 0) is 23.2 Å². The highest BCUT2D eigenvalue weighted by Crippen LogP contribution is 2.04. The molecule has 0 radical (unpaired) electrons. The van der Waals surface area contributed by atoms with Crippen LogP contribution in [0.5, 0.6) is 0 Å². The van der Waals surface area contributed by atoms with Gasteiger partial charge in [-0.25, -0.2) is 0 Å². The minimum atomic E-state index is -1.64. The third-order valence-corrected chi connectivity index (χ3v) is 1.46. The van der Waals surface area contributed by atoms with E-state index in [9.17, 15) is 0 Å². The molecule has 0 saturated heterocycles. The van der Waals surface area contributed by atoms with Crippen molar-refractivity contribution in [3.63, 3.8) is 0 Å². The molecule has 0 fully saturated rings. The van der Waals surface area contributed by atoms with Crippen molar-refractivity contribution in [2.24, 2.45) is 0 Å². The molecule has 5 heavy (non-hydrogen) atoms. The largest absolute Gasteiger partial charge is 0.353 e. The van der Waals surface area contributed by atoms with Crippen LogP contribution in [0.4, 0.5) is 0 Å². The van der Waals surface area contributed by atoms with Crippen molar-refractivity contribution in [2.45, 2.75) is 4.27 Å². The van der Waals surface area contributed by atoms with Crippen LogP contribution in [0.2, 0.25) is 0 Å². The minimum absolute atomic E-state index is 0.959. The molecule has 0 aliphatic carbocycles. The van der Waals surface area contributed by atoms with Crippen LogP contribution < -0.4 is 0 Å². The van der Waals surface area contributed by atoms with Gasteiger partial charge in [-0.2, -0.15) is 0 Å². The van der Waals surface area contributed by atoms with Gasteiger partial charge in [0.25, 0.3) is 10.9 Å². The first-order chi connectivity index (χ1) is 2.56. The maximum absolute atomic E-state index is 6.52. The van der Waals surface area contributed by atoms with E-state index in [0.717, 1.165) is 10.0 Å². The van der Waals surface area contributed by atoms with Gasteiger partial charge >= 0.3 is 14.3 Å². The van der Waals surface area contributed by atoms with E-state index < -0.39 is 4.27 Å². The predicted molar refractivity (Wildman–Crippen MR) is 21.3 cm³/mol. The Balaban J connectivity index is 3.17. The fourth-order valence-electron chi connectivity index (χ4n) is 0. The van der Waals surface area contributed by atoms with Crippen molar-refractivity contribution in [1.29, 1.82) is 0 Å². The molecule has 0 heterocycles. The molecule has 0 N–H and O–H groups in total. The molecule has 0 aliphatic heterocycles. The van der Waals surface area contributed by atoms with Gasteiger partial charge in [0.2, 0.25) is 0 Å². The van der Waals surface area contributed by atoms with E-state index in [-0.39, 0.29) is 0 Å². The summed E-state index contributed by atoms with van der Waals surface area (Å²) in [5.74, 6) is 0. The summed E-state index contributed by atoms with van der Waals surface area (Å²) in [6.45, 7) is 0. The second-order valence-electron chi connectivity index (χ2n) is 0.286. The topological polar surface area (TPSA) is 0 Å². The van der Waals surface area contributed by atoms with Crippen LogP contribution in [0.1, 0.15) is 1.37 Å². The van der Waals surface area contributed by atoms with Crippen LogP contribution in [0.15, 0.2) is 0 Å². The van der Waals surface area contributed by atoms with E-state index in [0.29, 0.717) is 0 Å². The fourth-order valence-corrected chi connectivity index (χ4v) is 0. The van der Waals surface area contributed by atoms with Crippen LogP contribution in [-0.2, 0) is 0 Å². The van der Waals surface area contributed by atoms with Gasteiger partial charge in [0.05, 0.1) is 0 Å². The molecule has 0 atom stereocenters. The van der Waals surface area contributed by atoms with Crippen LogP contribution >= 0.6 is 34.1 Å². The second-order valence-corrected chi connectivity index (χ2v) is 2.57. The zero-order chi connectivity index (χ0) is 5.21. The Hall–Kier alpha value is 1.16. The Morgan fingerprint density at radius 2 is 2.00 bits per heavy atom. The maximum atomic E-state index is 6.52. The van der Waals surface area contributed by atoms with Gasteiger partial charge in [0.15, 0.2) is 0 Å². The molecule has 0 nitrogen and oxygen atoms in total. The summed E-state index contributed by atoms with van der Waals surface area (Å²) < 4.78 is 4.88. The molecule has 0 saturated carbocycles. The van der Waals surface area contributed by atoms with Gasteiger partial charge in [-0.15, -0.1) is 0 Å². The summed E-state index contributed by atoms with van der Waals surface area (Å²) in [6, 6.07) is 0. The van der Waals surface area contributed by atoms with Crippen molar-refractivity contribution >= 4 is 34.1 Å². The van der Waals surface area contributed by atoms with Crippen molar-refractivity contribution in [2.75, 3.05) is 0 Å². The molecule has 0 amide bonds. The van der Waals surface area contributed by atoms with Crippen LogP contribution in [-0.4, -0.2) is 4.27 Å². The molecule has 0 aliphatic rings. The van der Waals surface area contributed by atoms with Crippen molar-refractivity contribution in [3.05, 3.63) is 0 Å². The standard InChI is InChI=1S/CHCl4/c2-1(3)5-4/h1H/q+1/i1D. The molecular formula is CHCl4+. The first-order valence-corrected chi connectivity index (χ1v) is 2.99. The summed E-state index contributed by atoms with van der Waals surface area (Å²) in [5.41, 5.74) is 0. The maximum Gasteiger partial charge on any atom is 0.353 e. The lowest BCUT2D eigenvalue weighted by atomic mass is 11.9. The van der Waals surface area contributed by atoms with Crippen LogP contribution in [0.25, 0.3) is 0 Å². The van der Waals surface area contributed by atoms with E-state index in [1.165, 1.54) is 0 Å². The summed E-state index contributed by atoms with van der Waals surface area (Å²) in [5, 5.41) is 0. The molecule has 32 valence electrons. The lowest BCUT2D eigenvalue weighted by molar-refractivity contribution is -0.500. The zero-order valence-corrected chi connectivity index (χ0v) is 5.04. The molecule has 0 unspecified atom stereocenters. The summed E-state index contributed by atoms with van der Waals surface area (Å²) in [4.78, 5) is 0. The normalized spacial score (nSPS) is 14.6. The molecular weight excluding hydrogens is 154 g/mol. The Kier molecular flexibility index (Phi) is 2.90. The molecule has 0 bridgehead atoms. The highest BCUT2D eigenvalue weighted by atomic mass is 36.5. The zero-order valence-electron chi connectivity index (χ0n) is 3.01. The average molecular weight is 156 g/mol. The van der Waals surface area contributed by atoms with Gasteiger partial charge in [-0.3, -0.25) is 0 Å². The van der Waals surface area contributed by atoms with E-state index in [4.69, 9.17) is 35.4 Å². The number of hydrogen-bond donors (Lipinski definition) is 0. The van der Waals surface area contributed by atoms with Crippen molar-refractivity contribution in [1.82, 2.24) is 0 Å². The number of alkyl halides is 3. The molecule has 0 rings (SSSR count). The Bertz CT molecular complexity index is 37.3. The first kappa shape index (κ1) is 4.32. The van der Waals surface area contributed by atoms with E-state index in [2.05, 4.69) is 0 Å². The number of rotatable bonds is 0. The molecule has 0 aromatic heterocycles. The summed E-state index contributed by atoms with van der Waals surface area (Å²) >= 11 is 9.91. The van der Waals surface area contributed by atoms with E-state index in [1.807, 2.05) is 0 Å². The van der Waals surface area contributed by atoms with Crippen molar-refractivity contribution < 1.29 is 11.4 Å². The van der Waals surface area contributed by atoms with Gasteiger partial charge < -0.3 is 0 Å². The monoisotopic (exact) mass is 154 g/mol. The molecule has 4 heteroatoms. The number of halogens is 4. The SMILES string of the molecule is [2H]C(Cl)(Cl)[Cl+]Cl. The average Bonchev–Trinajstić information content (AvgIpc) is 1.35. The molecule has 0 aromatic rings. The highest BCUT2D eigenvalue weighted by molar-refractivity contribution is 6.43. The third-order valence-electron chi connectivity index (χ3n) is 0.0540. The number of hydrogen-bond acceptors (Lipinski definition) is 0. The van der Waals surface area contributed by atoms with E-state index >= 15 is 0 Å². The Labute approximate surface area is 50.1 Å². The summed E-state index contributed by atoms with van der Waals surface area (Å²) in [6.07, 6.45) is 0. The summed E-state index contributed by atoms with van der Waals surface area (Å²) in [7, 11) is 5.85. The van der Waals surface area contributed by atoms with Gasteiger partial charge in [0, 0.05) is 0 Å². The van der Waals surface area contributed by atoms with Gasteiger partial charge in [0.1, 0.15) is 1.37 Å². The lowest BCUT2D eigenvalue weighted by Gasteiger charge is -1.62. The highest BCUT2D eigenvalue weighted by Gasteiger charge is 2.10. The second kappa shape index (κ2) is 3.35. The third kappa shape index (κ3) is 5.16. The minimum Gasteiger partial charge on any atom is -0.0339 e. The van der Waals surface area contributed by atoms with Crippen LogP contribution in [0.3, 0.4) is 0 Å². The Morgan fingerprint density at radius 3 is 2.00 bits per heavy atom. The lowest BCUT2D eigenvalue weighted by Crippen LogP contribution is -1.76. The fraction of sp³-hybridized carbons (Fsp3) is 1.00. The van der Waals surface area contributed by atoms with Crippen LogP contribution in [0, 0.1) is 10.0 Å². The smallest absolute Gasteiger partial charge is 0.0339 e.